The van der Waals surface area contributed by atoms with Gasteiger partial charge >= 0.3 is 5.97 Å². The van der Waals surface area contributed by atoms with Crippen molar-refractivity contribution in [3.05, 3.63) is 72.6 Å². The number of aliphatic hydroxyl groups excluding tert-OH is 1. The number of benzene rings is 1. The van der Waals surface area contributed by atoms with E-state index >= 15 is 0 Å². The number of carbonyl (C=O) groups excluding carboxylic acids is 2. The fraction of sp³-hybridized carbons (Fsp3) is 0.310. The minimum absolute atomic E-state index is 0.0995. The van der Waals surface area contributed by atoms with Crippen molar-refractivity contribution in [3.63, 3.8) is 0 Å². The van der Waals surface area contributed by atoms with E-state index in [0.29, 0.717) is 36.2 Å². The number of methoxy groups -OCH3 is 1. The molecule has 4 aromatic rings. The second-order valence-electron chi connectivity index (χ2n) is 9.71. The largest absolute Gasteiger partial charge is 0.466 e. The molecule has 39 heavy (non-hydrogen) atoms. The number of aromatic nitrogens is 5. The quantitative estimate of drug-likeness (QED) is 0.286. The van der Waals surface area contributed by atoms with E-state index in [9.17, 15) is 14.7 Å². The molecule has 10 nitrogen and oxygen atoms in total. The van der Waals surface area contributed by atoms with Gasteiger partial charge in [0, 0.05) is 36.2 Å². The highest BCUT2D eigenvalue weighted by Gasteiger charge is 2.31. The van der Waals surface area contributed by atoms with E-state index in [2.05, 4.69) is 24.8 Å². The monoisotopic (exact) mass is 526 g/mol. The fourth-order valence-corrected chi connectivity index (χ4v) is 4.89. The van der Waals surface area contributed by atoms with Crippen molar-refractivity contribution in [2.75, 3.05) is 12.0 Å². The Balaban J connectivity index is 1.42. The number of rotatable bonds is 7. The predicted octanol–water partition coefficient (Wildman–Crippen LogP) is 3.70. The number of pyridine rings is 1. The van der Waals surface area contributed by atoms with Crippen LogP contribution in [0.5, 0.6) is 0 Å². The van der Waals surface area contributed by atoms with E-state index < -0.39 is 12.1 Å². The summed E-state index contributed by atoms with van der Waals surface area (Å²) in [6, 6.07) is 7.79. The lowest BCUT2D eigenvalue weighted by Gasteiger charge is -2.31. The van der Waals surface area contributed by atoms with Crippen molar-refractivity contribution < 1.29 is 19.4 Å². The lowest BCUT2D eigenvalue weighted by Crippen LogP contribution is -2.39. The van der Waals surface area contributed by atoms with E-state index in [-0.39, 0.29) is 18.4 Å². The second kappa shape index (κ2) is 11.5. The van der Waals surface area contributed by atoms with Crippen molar-refractivity contribution in [1.82, 2.24) is 24.7 Å². The van der Waals surface area contributed by atoms with Gasteiger partial charge in [0.2, 0.25) is 5.91 Å². The molecule has 1 fully saturated rings. The maximum absolute atomic E-state index is 13.7. The molecule has 1 aromatic carbocycles. The van der Waals surface area contributed by atoms with Crippen LogP contribution >= 0.6 is 0 Å². The third-order valence-corrected chi connectivity index (χ3v) is 7.00. The summed E-state index contributed by atoms with van der Waals surface area (Å²) < 4.78 is 6.49. The molecule has 0 radical (unpaired) electrons. The Morgan fingerprint density at radius 1 is 1.13 bits per heavy atom. The molecule has 1 aliphatic rings. The van der Waals surface area contributed by atoms with Gasteiger partial charge in [0.15, 0.2) is 0 Å². The van der Waals surface area contributed by atoms with Crippen LogP contribution in [-0.2, 0) is 27.9 Å². The molecule has 0 bridgehead atoms. The number of esters is 1. The molecular weight excluding hydrogens is 496 g/mol. The van der Waals surface area contributed by atoms with Gasteiger partial charge in [-0.25, -0.2) is 4.79 Å². The van der Waals surface area contributed by atoms with Crippen molar-refractivity contribution >= 4 is 34.5 Å². The topological polar surface area (TPSA) is 123 Å². The highest BCUT2D eigenvalue weighted by molar-refractivity contribution is 5.95. The van der Waals surface area contributed by atoms with Crippen LogP contribution in [0.4, 0.5) is 5.69 Å². The van der Waals surface area contributed by atoms with Gasteiger partial charge in [-0.05, 0) is 49.1 Å². The van der Waals surface area contributed by atoms with Gasteiger partial charge < -0.3 is 14.7 Å². The Morgan fingerprint density at radius 2 is 2.00 bits per heavy atom. The van der Waals surface area contributed by atoms with Gasteiger partial charge in [0.25, 0.3) is 0 Å². The number of aliphatic hydroxyl groups is 1. The third kappa shape index (κ3) is 6.01. The number of carbonyl (C=O) groups is 2. The first-order chi connectivity index (χ1) is 18.9. The Labute approximate surface area is 226 Å². The lowest BCUT2D eigenvalue weighted by molar-refractivity contribution is -0.134. The summed E-state index contributed by atoms with van der Waals surface area (Å²) in [4.78, 5) is 40.4. The first-order valence-electron chi connectivity index (χ1n) is 12.8. The van der Waals surface area contributed by atoms with Crippen LogP contribution in [0, 0.1) is 5.92 Å². The Hall–Kier alpha value is -4.44. The molecule has 3 heterocycles. The van der Waals surface area contributed by atoms with Crippen LogP contribution < -0.4 is 4.90 Å². The molecule has 0 spiro atoms. The number of ether oxygens (including phenoxy) is 1. The first kappa shape index (κ1) is 26.2. The number of amides is 1. The SMILES string of the molecule is COC(=O)/C=C/c1cncc(N(Cc2cnc(-c3ccc4c(cnn4C)c3)cn2)C(=O)C2CCCC(O)C2)c1. The summed E-state index contributed by atoms with van der Waals surface area (Å²) in [5.74, 6) is -0.887. The van der Waals surface area contributed by atoms with Crippen molar-refractivity contribution in [1.29, 1.82) is 0 Å². The molecule has 2 atom stereocenters. The molecular formula is C29H30N6O4. The number of nitrogens with zero attached hydrogens (tertiary/aromatic N) is 6. The standard InChI is InChI=1S/C29H30N6O4/c1-34-27-8-7-20(11-22(27)14-33-34)26-17-31-23(15-32-26)18-35(29(38)21-4-3-5-25(36)12-21)24-10-19(13-30-16-24)6-9-28(37)39-2/h6-11,13-17,21,25,36H,3-5,12,18H2,1-2H3/b9-6+. The minimum Gasteiger partial charge on any atom is -0.466 e. The smallest absolute Gasteiger partial charge is 0.330 e. The molecule has 1 amide bonds. The summed E-state index contributed by atoms with van der Waals surface area (Å²) in [5.41, 5.74) is 4.50. The summed E-state index contributed by atoms with van der Waals surface area (Å²) in [6.07, 6.45) is 13.4. The maximum Gasteiger partial charge on any atom is 0.330 e. The normalized spacial score (nSPS) is 17.4. The van der Waals surface area contributed by atoms with Gasteiger partial charge in [-0.15, -0.1) is 0 Å². The number of fused-ring (bicyclic) bond motifs is 1. The van der Waals surface area contributed by atoms with Crippen molar-refractivity contribution in [2.24, 2.45) is 13.0 Å². The average molecular weight is 527 g/mol. The molecule has 2 unspecified atom stereocenters. The van der Waals surface area contributed by atoms with Crippen LogP contribution in [0.2, 0.25) is 0 Å². The molecule has 10 heteroatoms. The Morgan fingerprint density at radius 3 is 2.77 bits per heavy atom. The zero-order valence-electron chi connectivity index (χ0n) is 21.9. The summed E-state index contributed by atoms with van der Waals surface area (Å²) in [5, 5.41) is 15.5. The number of aryl methyl sites for hydroxylation is 1. The van der Waals surface area contributed by atoms with Crippen LogP contribution in [-0.4, -0.2) is 54.9 Å². The van der Waals surface area contributed by atoms with Crippen molar-refractivity contribution in [3.8, 4) is 11.3 Å². The highest BCUT2D eigenvalue weighted by Crippen LogP contribution is 2.29. The fourth-order valence-electron chi connectivity index (χ4n) is 4.89. The summed E-state index contributed by atoms with van der Waals surface area (Å²) in [6.45, 7) is 0.187. The molecule has 1 saturated carbocycles. The summed E-state index contributed by atoms with van der Waals surface area (Å²) in [7, 11) is 3.21. The van der Waals surface area contributed by atoms with E-state index in [1.165, 1.54) is 13.2 Å². The summed E-state index contributed by atoms with van der Waals surface area (Å²) >= 11 is 0. The third-order valence-electron chi connectivity index (χ3n) is 7.00. The van der Waals surface area contributed by atoms with Gasteiger partial charge in [-0.3, -0.25) is 24.4 Å². The first-order valence-corrected chi connectivity index (χ1v) is 12.8. The molecule has 5 rings (SSSR count). The molecule has 200 valence electrons. The zero-order chi connectivity index (χ0) is 27.4. The van der Waals surface area contributed by atoms with Gasteiger partial charge in [-0.1, -0.05) is 12.5 Å². The van der Waals surface area contributed by atoms with Crippen LogP contribution in [0.15, 0.2) is 61.3 Å². The van der Waals surface area contributed by atoms with Crippen LogP contribution in [0.25, 0.3) is 28.2 Å². The van der Waals surface area contributed by atoms with Crippen LogP contribution in [0.1, 0.15) is 36.9 Å². The molecule has 0 aliphatic heterocycles. The highest BCUT2D eigenvalue weighted by atomic mass is 16.5. The number of hydrogen-bond donors (Lipinski definition) is 1. The maximum atomic E-state index is 13.7. The number of anilines is 1. The lowest BCUT2D eigenvalue weighted by atomic mass is 9.86. The van der Waals surface area contributed by atoms with Crippen LogP contribution in [0.3, 0.4) is 0 Å². The Kier molecular flexibility index (Phi) is 7.74. The molecule has 1 N–H and O–H groups in total. The van der Waals surface area contributed by atoms with E-state index in [0.717, 1.165) is 28.6 Å². The molecule has 1 aliphatic carbocycles. The number of hydrogen-bond acceptors (Lipinski definition) is 8. The zero-order valence-corrected chi connectivity index (χ0v) is 21.9. The van der Waals surface area contributed by atoms with Gasteiger partial charge in [0.1, 0.15) is 0 Å². The molecule has 3 aromatic heterocycles. The predicted molar refractivity (Wildman–Crippen MR) is 146 cm³/mol. The Bertz CT molecular complexity index is 1510. The van der Waals surface area contributed by atoms with Crippen molar-refractivity contribution in [2.45, 2.75) is 38.3 Å². The molecule has 0 saturated heterocycles. The van der Waals surface area contributed by atoms with E-state index in [1.54, 1.807) is 41.8 Å². The van der Waals surface area contributed by atoms with E-state index in [1.807, 2.05) is 36.1 Å². The van der Waals surface area contributed by atoms with Gasteiger partial charge in [-0.2, -0.15) is 5.10 Å². The minimum atomic E-state index is -0.488. The average Bonchev–Trinajstić information content (AvgIpc) is 3.34. The van der Waals surface area contributed by atoms with Gasteiger partial charge in [0.05, 0.1) is 67.1 Å². The second-order valence-corrected chi connectivity index (χ2v) is 9.71. The van der Waals surface area contributed by atoms with E-state index in [4.69, 9.17) is 0 Å².